The molecule has 8 nitrogen and oxygen atoms in total. The van der Waals surface area contributed by atoms with E-state index < -0.39 is 4.92 Å². The predicted molar refractivity (Wildman–Crippen MR) is 78.9 cm³/mol. The molecule has 0 spiro atoms. The molecular weight excluding hydrogens is 278 g/mol. The lowest BCUT2D eigenvalue weighted by Crippen LogP contribution is -2.29. The molecule has 1 aromatic carbocycles. The number of nitro benzene ring substituents is 1. The smallest absolute Gasteiger partial charge is 0.296 e. The van der Waals surface area contributed by atoms with Crippen molar-refractivity contribution in [2.75, 3.05) is 42.8 Å². The summed E-state index contributed by atoms with van der Waals surface area (Å²) in [6, 6.07) is 4.41. The first-order valence-electron chi connectivity index (χ1n) is 6.76. The van der Waals surface area contributed by atoms with Gasteiger partial charge in [0.15, 0.2) is 0 Å². The number of aliphatic hydroxyl groups excluding tert-OH is 2. The van der Waals surface area contributed by atoms with E-state index in [9.17, 15) is 15.3 Å². The summed E-state index contributed by atoms with van der Waals surface area (Å²) in [5, 5.41) is 39.9. The molecule has 0 atom stereocenters. The molecule has 21 heavy (non-hydrogen) atoms. The fraction of sp³-hybridized carbons (Fsp3) is 0.538. The summed E-state index contributed by atoms with van der Waals surface area (Å²) in [5.41, 5.74) is 0.418. The zero-order valence-corrected chi connectivity index (χ0v) is 12.0. The van der Waals surface area contributed by atoms with Crippen LogP contribution in [0.5, 0.6) is 0 Å². The summed E-state index contributed by atoms with van der Waals surface area (Å²) in [7, 11) is 0. The van der Waals surface area contributed by atoms with Crippen molar-refractivity contribution in [3.05, 3.63) is 28.3 Å². The molecule has 0 radical (unpaired) electrons. The van der Waals surface area contributed by atoms with Crippen molar-refractivity contribution >= 4 is 17.1 Å². The number of nitro groups is 1. The topological polar surface area (TPSA) is 110 Å². The predicted octanol–water partition coefficient (Wildman–Crippen LogP) is 0.991. The summed E-state index contributed by atoms with van der Waals surface area (Å²) >= 11 is 0. The van der Waals surface area contributed by atoms with Gasteiger partial charge >= 0.3 is 0 Å². The van der Waals surface area contributed by atoms with E-state index >= 15 is 0 Å². The Labute approximate surface area is 122 Å². The minimum atomic E-state index is -0.562. The summed E-state index contributed by atoms with van der Waals surface area (Å²) in [6.07, 6.45) is 0.649. The lowest BCUT2D eigenvalue weighted by atomic mass is 10.2. The van der Waals surface area contributed by atoms with E-state index in [0.717, 1.165) is 5.06 Å². The highest BCUT2D eigenvalue weighted by molar-refractivity contribution is 5.68. The minimum absolute atomic E-state index is 0.124. The average Bonchev–Trinajstić information content (AvgIpc) is 2.46. The summed E-state index contributed by atoms with van der Waals surface area (Å²) < 4.78 is 0. The molecule has 118 valence electrons. The van der Waals surface area contributed by atoms with Gasteiger partial charge in [-0.15, -0.1) is 0 Å². The fourth-order valence-corrected chi connectivity index (χ4v) is 2.02. The van der Waals surface area contributed by atoms with E-state index in [2.05, 4.69) is 0 Å². The SMILES string of the molecule is CCCN(O)c1ccc(N(CCO)CCO)cc1[N+](=O)[O-]. The van der Waals surface area contributed by atoms with Crippen LogP contribution in [0, 0.1) is 10.1 Å². The van der Waals surface area contributed by atoms with Crippen molar-refractivity contribution < 1.29 is 20.3 Å². The molecule has 0 aromatic heterocycles. The van der Waals surface area contributed by atoms with Gasteiger partial charge in [-0.05, 0) is 18.6 Å². The van der Waals surface area contributed by atoms with Gasteiger partial charge in [0.1, 0.15) is 5.69 Å². The molecule has 1 aromatic rings. The first-order chi connectivity index (χ1) is 10.0. The highest BCUT2D eigenvalue weighted by Gasteiger charge is 2.20. The molecule has 0 aliphatic carbocycles. The van der Waals surface area contributed by atoms with E-state index in [1.165, 1.54) is 12.1 Å². The molecule has 0 aliphatic rings. The average molecular weight is 299 g/mol. The van der Waals surface area contributed by atoms with Gasteiger partial charge in [-0.3, -0.25) is 20.4 Å². The van der Waals surface area contributed by atoms with Gasteiger partial charge in [0.2, 0.25) is 0 Å². The van der Waals surface area contributed by atoms with E-state index in [1.807, 2.05) is 6.92 Å². The maximum Gasteiger partial charge on any atom is 0.296 e. The van der Waals surface area contributed by atoms with Crippen molar-refractivity contribution in [3.63, 3.8) is 0 Å². The van der Waals surface area contributed by atoms with Gasteiger partial charge < -0.3 is 15.1 Å². The van der Waals surface area contributed by atoms with E-state index in [0.29, 0.717) is 12.1 Å². The second kappa shape index (κ2) is 8.40. The Balaban J connectivity index is 3.14. The zero-order chi connectivity index (χ0) is 15.8. The number of anilines is 2. The first kappa shape index (κ1) is 17.2. The van der Waals surface area contributed by atoms with Crippen LogP contribution in [0.3, 0.4) is 0 Å². The molecule has 0 saturated heterocycles. The van der Waals surface area contributed by atoms with Gasteiger partial charge in [-0.1, -0.05) is 6.92 Å². The van der Waals surface area contributed by atoms with E-state index in [4.69, 9.17) is 10.2 Å². The Morgan fingerprint density at radius 3 is 2.29 bits per heavy atom. The molecule has 0 fully saturated rings. The van der Waals surface area contributed by atoms with Crippen LogP contribution in [0.2, 0.25) is 0 Å². The summed E-state index contributed by atoms with van der Waals surface area (Å²) in [4.78, 5) is 12.2. The third-order valence-electron chi connectivity index (χ3n) is 2.97. The van der Waals surface area contributed by atoms with Crippen LogP contribution in [-0.4, -0.2) is 53.2 Å². The molecule has 0 aliphatic heterocycles. The number of rotatable bonds is 9. The maximum absolute atomic E-state index is 11.2. The molecule has 0 heterocycles. The Morgan fingerprint density at radius 2 is 1.81 bits per heavy atom. The van der Waals surface area contributed by atoms with Gasteiger partial charge in [0.05, 0.1) is 18.1 Å². The quantitative estimate of drug-likeness (QED) is 0.460. The standard InChI is InChI=1S/C13H21N3O5/c1-2-5-15(19)12-4-3-11(10-13(12)16(20)21)14(6-8-17)7-9-18/h3-4,10,17-19H,2,5-9H2,1H3. The summed E-state index contributed by atoms with van der Waals surface area (Å²) in [5.74, 6) is 0. The molecule has 1 rings (SSSR count). The Kier molecular flexibility index (Phi) is 6.86. The lowest BCUT2D eigenvalue weighted by molar-refractivity contribution is -0.384. The molecular formula is C13H21N3O5. The van der Waals surface area contributed by atoms with Crippen LogP contribution < -0.4 is 9.96 Å². The first-order valence-corrected chi connectivity index (χ1v) is 6.76. The van der Waals surface area contributed by atoms with Gasteiger partial charge in [0, 0.05) is 31.4 Å². The van der Waals surface area contributed by atoms with Gasteiger partial charge in [0.25, 0.3) is 5.69 Å². The summed E-state index contributed by atoms with van der Waals surface area (Å²) in [6.45, 7) is 2.41. The Hall–Kier alpha value is -1.90. The number of hydroxylamine groups is 1. The third-order valence-corrected chi connectivity index (χ3v) is 2.97. The minimum Gasteiger partial charge on any atom is -0.395 e. The fourth-order valence-electron chi connectivity index (χ4n) is 2.02. The molecule has 8 heteroatoms. The zero-order valence-electron chi connectivity index (χ0n) is 12.0. The van der Waals surface area contributed by atoms with Crippen LogP contribution in [0.1, 0.15) is 13.3 Å². The largest absolute Gasteiger partial charge is 0.395 e. The maximum atomic E-state index is 11.2. The number of benzene rings is 1. The van der Waals surface area contributed by atoms with Crippen molar-refractivity contribution in [1.29, 1.82) is 0 Å². The lowest BCUT2D eigenvalue weighted by Gasteiger charge is -2.24. The third kappa shape index (κ3) is 4.55. The number of nitrogens with zero attached hydrogens (tertiary/aromatic N) is 3. The van der Waals surface area contributed by atoms with Gasteiger partial charge in [-0.2, -0.15) is 0 Å². The highest BCUT2D eigenvalue weighted by Crippen LogP contribution is 2.31. The van der Waals surface area contributed by atoms with Crippen LogP contribution in [-0.2, 0) is 0 Å². The molecule has 0 saturated carbocycles. The molecule has 0 bridgehead atoms. The normalized spacial score (nSPS) is 10.5. The van der Waals surface area contributed by atoms with Crippen LogP contribution in [0.25, 0.3) is 0 Å². The van der Waals surface area contributed by atoms with Crippen molar-refractivity contribution in [1.82, 2.24) is 0 Å². The second-order valence-electron chi connectivity index (χ2n) is 4.49. The number of aliphatic hydroxyl groups is 2. The van der Waals surface area contributed by atoms with Crippen LogP contribution >= 0.6 is 0 Å². The molecule has 0 amide bonds. The van der Waals surface area contributed by atoms with Crippen molar-refractivity contribution in [2.45, 2.75) is 13.3 Å². The van der Waals surface area contributed by atoms with Crippen molar-refractivity contribution in [3.8, 4) is 0 Å². The molecule has 3 N–H and O–H groups in total. The number of hydrogen-bond acceptors (Lipinski definition) is 7. The molecule has 0 unspecified atom stereocenters. The van der Waals surface area contributed by atoms with Crippen molar-refractivity contribution in [2.24, 2.45) is 0 Å². The Bertz CT molecular complexity index is 463. The second-order valence-corrected chi connectivity index (χ2v) is 4.49. The Morgan fingerprint density at radius 1 is 1.19 bits per heavy atom. The van der Waals surface area contributed by atoms with Gasteiger partial charge in [-0.25, -0.2) is 0 Å². The highest BCUT2D eigenvalue weighted by atomic mass is 16.6. The number of hydrogen-bond donors (Lipinski definition) is 3. The van der Waals surface area contributed by atoms with Crippen LogP contribution in [0.4, 0.5) is 17.1 Å². The monoisotopic (exact) mass is 299 g/mol. The van der Waals surface area contributed by atoms with E-state index in [1.54, 1.807) is 11.0 Å². The van der Waals surface area contributed by atoms with E-state index in [-0.39, 0.29) is 44.2 Å². The van der Waals surface area contributed by atoms with Crippen LogP contribution in [0.15, 0.2) is 18.2 Å².